The van der Waals surface area contributed by atoms with Gasteiger partial charge in [-0.2, -0.15) is 0 Å². The lowest BCUT2D eigenvalue weighted by Crippen LogP contribution is -2.31. The molecule has 2 aromatic heterocycles. The van der Waals surface area contributed by atoms with Crippen LogP contribution >= 0.6 is 0 Å². The monoisotopic (exact) mass is 368 g/mol. The van der Waals surface area contributed by atoms with Gasteiger partial charge in [-0.05, 0) is 43.0 Å². The molecule has 0 aromatic carbocycles. The van der Waals surface area contributed by atoms with Crippen LogP contribution in [-0.2, 0) is 0 Å². The fourth-order valence-electron chi connectivity index (χ4n) is 3.45. The van der Waals surface area contributed by atoms with E-state index in [-0.39, 0.29) is 5.91 Å². The number of aromatic nitrogens is 2. The molecule has 1 atom stereocenters. The SMILES string of the molecule is COc1ccc(-c2ccc(C(=O)NC[C@@H]3CCN(CC(C)C)C3)cn2)cn1. The van der Waals surface area contributed by atoms with Crippen LogP contribution in [0.1, 0.15) is 30.6 Å². The number of hydrogen-bond donors (Lipinski definition) is 1. The van der Waals surface area contributed by atoms with Crippen LogP contribution in [0.5, 0.6) is 5.88 Å². The number of nitrogens with zero attached hydrogens (tertiary/aromatic N) is 3. The predicted octanol–water partition coefficient (Wildman–Crippen LogP) is 2.86. The van der Waals surface area contributed by atoms with Crippen LogP contribution in [0.25, 0.3) is 11.3 Å². The molecule has 2 aromatic rings. The Hall–Kier alpha value is -2.47. The lowest BCUT2D eigenvalue weighted by Gasteiger charge is -2.18. The van der Waals surface area contributed by atoms with Crippen LogP contribution < -0.4 is 10.1 Å². The number of rotatable bonds is 7. The molecule has 1 saturated heterocycles. The van der Waals surface area contributed by atoms with Gasteiger partial charge in [-0.1, -0.05) is 13.8 Å². The molecule has 144 valence electrons. The summed E-state index contributed by atoms with van der Waals surface area (Å²) in [6.45, 7) is 8.54. The van der Waals surface area contributed by atoms with Gasteiger partial charge in [0.1, 0.15) is 0 Å². The van der Waals surface area contributed by atoms with Crippen molar-refractivity contribution in [1.29, 1.82) is 0 Å². The van der Waals surface area contributed by atoms with Crippen LogP contribution in [0.3, 0.4) is 0 Å². The highest BCUT2D eigenvalue weighted by molar-refractivity contribution is 5.94. The summed E-state index contributed by atoms with van der Waals surface area (Å²) >= 11 is 0. The van der Waals surface area contributed by atoms with Gasteiger partial charge in [0.2, 0.25) is 5.88 Å². The van der Waals surface area contributed by atoms with E-state index in [1.807, 2.05) is 18.2 Å². The van der Waals surface area contributed by atoms with E-state index < -0.39 is 0 Å². The van der Waals surface area contributed by atoms with Crippen molar-refractivity contribution in [3.63, 3.8) is 0 Å². The molecule has 0 bridgehead atoms. The molecule has 0 saturated carbocycles. The van der Waals surface area contributed by atoms with Crippen molar-refractivity contribution < 1.29 is 9.53 Å². The zero-order valence-corrected chi connectivity index (χ0v) is 16.3. The molecule has 1 aliphatic rings. The summed E-state index contributed by atoms with van der Waals surface area (Å²) in [5.41, 5.74) is 2.25. The van der Waals surface area contributed by atoms with E-state index in [0.29, 0.717) is 23.3 Å². The number of amides is 1. The van der Waals surface area contributed by atoms with Crippen molar-refractivity contribution in [2.75, 3.05) is 33.3 Å². The minimum absolute atomic E-state index is 0.0655. The fraction of sp³-hybridized carbons (Fsp3) is 0.476. The number of likely N-dealkylation sites (tertiary alicyclic amines) is 1. The molecule has 3 rings (SSSR count). The number of hydrogen-bond acceptors (Lipinski definition) is 5. The summed E-state index contributed by atoms with van der Waals surface area (Å²) in [4.78, 5) is 23.5. The van der Waals surface area contributed by atoms with E-state index in [4.69, 9.17) is 4.74 Å². The zero-order chi connectivity index (χ0) is 19.2. The minimum atomic E-state index is -0.0655. The van der Waals surface area contributed by atoms with Crippen LogP contribution in [0, 0.1) is 11.8 Å². The number of nitrogens with one attached hydrogen (secondary N) is 1. The van der Waals surface area contributed by atoms with E-state index in [0.717, 1.165) is 43.9 Å². The van der Waals surface area contributed by atoms with E-state index in [9.17, 15) is 4.79 Å². The average Bonchev–Trinajstić information content (AvgIpc) is 3.13. The van der Waals surface area contributed by atoms with Gasteiger partial charge in [-0.15, -0.1) is 0 Å². The molecule has 6 nitrogen and oxygen atoms in total. The second-order valence-electron chi connectivity index (χ2n) is 7.54. The second kappa shape index (κ2) is 8.95. The van der Waals surface area contributed by atoms with Crippen molar-refractivity contribution >= 4 is 5.91 Å². The van der Waals surface area contributed by atoms with E-state index in [1.54, 1.807) is 25.6 Å². The Kier molecular flexibility index (Phi) is 6.40. The first-order chi connectivity index (χ1) is 13.0. The maximum Gasteiger partial charge on any atom is 0.252 e. The first-order valence-corrected chi connectivity index (χ1v) is 9.52. The Bertz CT molecular complexity index is 744. The van der Waals surface area contributed by atoms with Crippen LogP contribution in [0.4, 0.5) is 0 Å². The number of pyridine rings is 2. The maximum atomic E-state index is 12.4. The quantitative estimate of drug-likeness (QED) is 0.814. The van der Waals surface area contributed by atoms with Gasteiger partial charge in [-0.25, -0.2) is 4.98 Å². The third-order valence-electron chi connectivity index (χ3n) is 4.81. The zero-order valence-electron chi connectivity index (χ0n) is 16.3. The van der Waals surface area contributed by atoms with Gasteiger partial charge in [0.05, 0.1) is 18.4 Å². The van der Waals surface area contributed by atoms with Gasteiger partial charge in [-0.3, -0.25) is 9.78 Å². The Balaban J connectivity index is 1.52. The molecule has 0 unspecified atom stereocenters. The van der Waals surface area contributed by atoms with E-state index in [1.165, 1.54) is 0 Å². The molecular formula is C21H28N4O2. The molecule has 1 aliphatic heterocycles. The summed E-state index contributed by atoms with van der Waals surface area (Å²) in [6, 6.07) is 7.35. The standard InChI is InChI=1S/C21H28N4O2/c1-15(2)13-25-9-8-16(14-25)10-24-21(26)18-4-6-19(22-12-18)17-5-7-20(27-3)23-11-17/h4-7,11-12,15-16H,8-10,13-14H2,1-3H3,(H,24,26)/t16-/m0/s1. The van der Waals surface area contributed by atoms with Crippen molar-refractivity contribution in [3.05, 3.63) is 42.2 Å². The normalized spacial score (nSPS) is 17.3. The Labute approximate surface area is 161 Å². The number of carbonyl (C=O) groups excluding carboxylic acids is 1. The first-order valence-electron chi connectivity index (χ1n) is 9.52. The molecule has 0 spiro atoms. The highest BCUT2D eigenvalue weighted by atomic mass is 16.5. The van der Waals surface area contributed by atoms with Crippen molar-refractivity contribution in [2.24, 2.45) is 11.8 Å². The average molecular weight is 368 g/mol. The molecule has 27 heavy (non-hydrogen) atoms. The summed E-state index contributed by atoms with van der Waals surface area (Å²) in [7, 11) is 1.58. The van der Waals surface area contributed by atoms with Gasteiger partial charge >= 0.3 is 0 Å². The van der Waals surface area contributed by atoms with Gasteiger partial charge < -0.3 is 15.0 Å². The van der Waals surface area contributed by atoms with E-state index >= 15 is 0 Å². The molecular weight excluding hydrogens is 340 g/mol. The number of ether oxygens (including phenoxy) is 1. The summed E-state index contributed by atoms with van der Waals surface area (Å²) in [5.74, 6) is 1.71. The molecule has 6 heteroatoms. The van der Waals surface area contributed by atoms with Gasteiger partial charge in [0, 0.05) is 43.7 Å². The smallest absolute Gasteiger partial charge is 0.252 e. The number of methoxy groups -OCH3 is 1. The first kappa shape index (κ1) is 19.3. The molecule has 0 radical (unpaired) electrons. The Morgan fingerprint density at radius 1 is 1.26 bits per heavy atom. The Morgan fingerprint density at radius 2 is 2.11 bits per heavy atom. The minimum Gasteiger partial charge on any atom is -0.481 e. The van der Waals surface area contributed by atoms with Gasteiger partial charge in [0.15, 0.2) is 0 Å². The molecule has 3 heterocycles. The maximum absolute atomic E-state index is 12.4. The van der Waals surface area contributed by atoms with E-state index in [2.05, 4.69) is 34.0 Å². The third kappa shape index (κ3) is 5.26. The largest absolute Gasteiger partial charge is 0.481 e. The van der Waals surface area contributed by atoms with Crippen LogP contribution in [0.2, 0.25) is 0 Å². The highest BCUT2D eigenvalue weighted by Crippen LogP contribution is 2.19. The Morgan fingerprint density at radius 3 is 2.74 bits per heavy atom. The third-order valence-corrected chi connectivity index (χ3v) is 4.81. The highest BCUT2D eigenvalue weighted by Gasteiger charge is 2.23. The number of carbonyl (C=O) groups is 1. The summed E-state index contributed by atoms with van der Waals surface area (Å²) in [6.07, 6.45) is 4.48. The molecule has 0 aliphatic carbocycles. The lowest BCUT2D eigenvalue weighted by atomic mass is 10.1. The fourth-order valence-corrected chi connectivity index (χ4v) is 3.45. The summed E-state index contributed by atoms with van der Waals surface area (Å²) < 4.78 is 5.06. The molecule has 1 N–H and O–H groups in total. The van der Waals surface area contributed by atoms with Crippen molar-refractivity contribution in [2.45, 2.75) is 20.3 Å². The lowest BCUT2D eigenvalue weighted by molar-refractivity contribution is 0.0947. The second-order valence-corrected chi connectivity index (χ2v) is 7.54. The van der Waals surface area contributed by atoms with Crippen LogP contribution in [0.15, 0.2) is 36.7 Å². The van der Waals surface area contributed by atoms with Crippen molar-refractivity contribution in [3.8, 4) is 17.1 Å². The molecule has 1 fully saturated rings. The summed E-state index contributed by atoms with van der Waals surface area (Å²) in [5, 5.41) is 3.05. The topological polar surface area (TPSA) is 67.3 Å². The van der Waals surface area contributed by atoms with Crippen molar-refractivity contribution in [1.82, 2.24) is 20.2 Å². The van der Waals surface area contributed by atoms with Crippen LogP contribution in [-0.4, -0.2) is 54.1 Å². The van der Waals surface area contributed by atoms with Gasteiger partial charge in [0.25, 0.3) is 5.91 Å². The predicted molar refractivity (Wildman–Crippen MR) is 106 cm³/mol. The molecule has 1 amide bonds.